The molecule has 10 rings (SSSR count). The van der Waals surface area contributed by atoms with E-state index in [1.807, 2.05) is 12.1 Å². The molecule has 0 amide bonds. The molecule has 0 spiro atoms. The summed E-state index contributed by atoms with van der Waals surface area (Å²) in [4.78, 5) is 15.7. The zero-order chi connectivity index (χ0) is 37.3. The molecular formula is C53H35N3. The van der Waals surface area contributed by atoms with Gasteiger partial charge in [-0.3, -0.25) is 0 Å². The van der Waals surface area contributed by atoms with Gasteiger partial charge in [-0.15, -0.1) is 0 Å². The summed E-state index contributed by atoms with van der Waals surface area (Å²) in [5.74, 6) is 0. The van der Waals surface area contributed by atoms with Crippen molar-refractivity contribution < 1.29 is 0 Å². The van der Waals surface area contributed by atoms with Gasteiger partial charge < -0.3 is 0 Å². The van der Waals surface area contributed by atoms with E-state index in [1.165, 1.54) is 5.56 Å². The third-order valence-electron chi connectivity index (χ3n) is 10.5. The number of hydrogen-bond donors (Lipinski definition) is 0. The molecule has 56 heavy (non-hydrogen) atoms. The Morgan fingerprint density at radius 1 is 0.232 bits per heavy atom. The Balaban J connectivity index is 1.05. The van der Waals surface area contributed by atoms with E-state index in [1.54, 1.807) is 0 Å². The lowest BCUT2D eigenvalue weighted by atomic mass is 9.95. The molecule has 0 N–H and O–H groups in total. The van der Waals surface area contributed by atoms with Crippen LogP contribution >= 0.6 is 0 Å². The molecule has 0 saturated heterocycles. The van der Waals surface area contributed by atoms with Crippen LogP contribution in [0.2, 0.25) is 0 Å². The molecule has 0 bridgehead atoms. The molecule has 7 aromatic carbocycles. The van der Waals surface area contributed by atoms with Crippen molar-refractivity contribution in [3.05, 3.63) is 212 Å². The second-order valence-electron chi connectivity index (χ2n) is 14.0. The minimum Gasteiger partial charge on any atom is -0.248 e. The van der Waals surface area contributed by atoms with Crippen molar-refractivity contribution in [1.29, 1.82) is 0 Å². The average Bonchev–Trinajstić information content (AvgIpc) is 3.29. The number of aromatic nitrogens is 3. The molecule has 0 saturated carbocycles. The summed E-state index contributed by atoms with van der Waals surface area (Å²) >= 11 is 0. The maximum Gasteiger partial charge on any atom is 0.0978 e. The fourth-order valence-electron chi connectivity index (χ4n) is 7.57. The van der Waals surface area contributed by atoms with Crippen LogP contribution in [0.5, 0.6) is 0 Å². The van der Waals surface area contributed by atoms with Gasteiger partial charge in [0.25, 0.3) is 0 Å². The molecule has 0 radical (unpaired) electrons. The molecule has 0 aliphatic carbocycles. The standard InChI is InChI=1S/C53H35N3/c1-5-14-36(15-6-1)45-33-49(40-20-11-4-12-21-40)54-50(34-45)44-23-13-22-43(32-44)37-24-26-41(27-25-37)51-35-47(38-16-7-2-8-17-38)46-30-28-42-29-31-48(39-18-9-3-10-19-39)55-52(42)53(46)56-51/h1-35H. The smallest absolute Gasteiger partial charge is 0.0978 e. The van der Waals surface area contributed by atoms with Gasteiger partial charge in [-0.25, -0.2) is 15.0 Å². The van der Waals surface area contributed by atoms with Crippen LogP contribution in [0.3, 0.4) is 0 Å². The van der Waals surface area contributed by atoms with Crippen LogP contribution in [0, 0.1) is 0 Å². The SMILES string of the molecule is c1ccc(-c2cc(-c3ccccc3)nc(-c3cccc(-c4ccc(-c5cc(-c6ccccc6)c6ccc7ccc(-c8ccccc8)nc7c6n5)cc4)c3)c2)cc1. The van der Waals surface area contributed by atoms with Gasteiger partial charge in [-0.05, 0) is 63.7 Å². The average molecular weight is 714 g/mol. The Labute approximate surface area is 326 Å². The summed E-state index contributed by atoms with van der Waals surface area (Å²) < 4.78 is 0. The normalized spacial score (nSPS) is 11.2. The van der Waals surface area contributed by atoms with Crippen molar-refractivity contribution in [3.63, 3.8) is 0 Å². The zero-order valence-corrected chi connectivity index (χ0v) is 30.5. The zero-order valence-electron chi connectivity index (χ0n) is 30.5. The van der Waals surface area contributed by atoms with Gasteiger partial charge in [0.1, 0.15) is 0 Å². The first-order valence-electron chi connectivity index (χ1n) is 18.9. The summed E-state index contributed by atoms with van der Waals surface area (Å²) in [7, 11) is 0. The molecule has 0 aliphatic rings. The topological polar surface area (TPSA) is 38.7 Å². The Hall–Kier alpha value is -7.49. The lowest BCUT2D eigenvalue weighted by Gasteiger charge is -2.13. The van der Waals surface area contributed by atoms with Gasteiger partial charge in [0.15, 0.2) is 0 Å². The van der Waals surface area contributed by atoms with Gasteiger partial charge in [0.05, 0.1) is 33.8 Å². The van der Waals surface area contributed by atoms with Crippen LogP contribution in [0.1, 0.15) is 0 Å². The fourth-order valence-corrected chi connectivity index (χ4v) is 7.57. The highest BCUT2D eigenvalue weighted by Crippen LogP contribution is 2.37. The van der Waals surface area contributed by atoms with Crippen molar-refractivity contribution in [3.8, 4) is 78.4 Å². The van der Waals surface area contributed by atoms with E-state index in [-0.39, 0.29) is 0 Å². The third kappa shape index (κ3) is 6.42. The number of benzene rings is 7. The summed E-state index contributed by atoms with van der Waals surface area (Å²) in [6.45, 7) is 0. The maximum absolute atomic E-state index is 5.35. The largest absolute Gasteiger partial charge is 0.248 e. The van der Waals surface area contributed by atoms with E-state index in [9.17, 15) is 0 Å². The first kappa shape index (κ1) is 33.1. The maximum atomic E-state index is 5.35. The summed E-state index contributed by atoms with van der Waals surface area (Å²) in [5, 5.41) is 2.15. The van der Waals surface area contributed by atoms with Gasteiger partial charge in [-0.2, -0.15) is 0 Å². The third-order valence-corrected chi connectivity index (χ3v) is 10.5. The van der Waals surface area contributed by atoms with Crippen LogP contribution in [0.15, 0.2) is 212 Å². The molecule has 3 nitrogen and oxygen atoms in total. The number of nitrogens with zero attached hydrogens (tertiary/aromatic N) is 3. The monoisotopic (exact) mass is 713 g/mol. The number of hydrogen-bond acceptors (Lipinski definition) is 3. The molecule has 0 unspecified atom stereocenters. The van der Waals surface area contributed by atoms with Crippen molar-refractivity contribution in [1.82, 2.24) is 15.0 Å². The molecule has 3 heterocycles. The Morgan fingerprint density at radius 2 is 0.696 bits per heavy atom. The van der Waals surface area contributed by atoms with Gasteiger partial charge in [0, 0.05) is 33.0 Å². The van der Waals surface area contributed by atoms with Crippen LogP contribution in [0.25, 0.3) is 100 Å². The number of fused-ring (bicyclic) bond motifs is 3. The first-order valence-corrected chi connectivity index (χ1v) is 18.9. The predicted octanol–water partition coefficient (Wildman–Crippen LogP) is 13.8. The van der Waals surface area contributed by atoms with E-state index in [0.29, 0.717) is 0 Å². The molecule has 3 aromatic heterocycles. The highest BCUT2D eigenvalue weighted by molar-refractivity contribution is 6.09. The number of pyridine rings is 3. The van der Waals surface area contributed by atoms with E-state index >= 15 is 0 Å². The lowest BCUT2D eigenvalue weighted by molar-refractivity contribution is 1.32. The van der Waals surface area contributed by atoms with Gasteiger partial charge in [-0.1, -0.05) is 182 Å². The Morgan fingerprint density at radius 3 is 1.38 bits per heavy atom. The summed E-state index contributed by atoms with van der Waals surface area (Å²) in [5.41, 5.74) is 16.7. The molecule has 10 aromatic rings. The second-order valence-corrected chi connectivity index (χ2v) is 14.0. The lowest BCUT2D eigenvalue weighted by Crippen LogP contribution is -1.94. The minimum atomic E-state index is 0.897. The van der Waals surface area contributed by atoms with Crippen molar-refractivity contribution >= 4 is 21.8 Å². The van der Waals surface area contributed by atoms with E-state index in [0.717, 1.165) is 94.7 Å². The molecule has 262 valence electrons. The summed E-state index contributed by atoms with van der Waals surface area (Å²) in [6, 6.07) is 74.5. The second kappa shape index (κ2) is 14.4. The fraction of sp³-hybridized carbons (Fsp3) is 0. The quantitative estimate of drug-likeness (QED) is 0.154. The van der Waals surface area contributed by atoms with Gasteiger partial charge >= 0.3 is 0 Å². The van der Waals surface area contributed by atoms with E-state index in [4.69, 9.17) is 15.0 Å². The highest BCUT2D eigenvalue weighted by atomic mass is 14.8. The van der Waals surface area contributed by atoms with Crippen LogP contribution in [-0.2, 0) is 0 Å². The van der Waals surface area contributed by atoms with E-state index < -0.39 is 0 Å². The Bertz CT molecular complexity index is 2920. The highest BCUT2D eigenvalue weighted by Gasteiger charge is 2.15. The molecule has 0 fully saturated rings. The van der Waals surface area contributed by atoms with E-state index in [2.05, 4.69) is 200 Å². The number of rotatable bonds is 7. The summed E-state index contributed by atoms with van der Waals surface area (Å²) in [6.07, 6.45) is 0. The van der Waals surface area contributed by atoms with Crippen molar-refractivity contribution in [2.75, 3.05) is 0 Å². The molecule has 0 aliphatic heterocycles. The molecule has 3 heteroatoms. The van der Waals surface area contributed by atoms with Crippen molar-refractivity contribution in [2.45, 2.75) is 0 Å². The minimum absolute atomic E-state index is 0.897. The predicted molar refractivity (Wildman–Crippen MR) is 233 cm³/mol. The van der Waals surface area contributed by atoms with Gasteiger partial charge in [0.2, 0.25) is 0 Å². The molecular weight excluding hydrogens is 679 g/mol. The molecule has 0 atom stereocenters. The van der Waals surface area contributed by atoms with Crippen LogP contribution < -0.4 is 0 Å². The first-order chi connectivity index (χ1) is 27.7. The van der Waals surface area contributed by atoms with Crippen LogP contribution in [0.4, 0.5) is 0 Å². The van der Waals surface area contributed by atoms with Crippen molar-refractivity contribution in [2.24, 2.45) is 0 Å². The Kier molecular flexibility index (Phi) is 8.51. The van der Waals surface area contributed by atoms with Crippen LogP contribution in [-0.4, -0.2) is 15.0 Å².